The summed E-state index contributed by atoms with van der Waals surface area (Å²) in [4.78, 5) is 28.0. The van der Waals surface area contributed by atoms with E-state index in [1.165, 1.54) is 0 Å². The van der Waals surface area contributed by atoms with Crippen LogP contribution in [0.5, 0.6) is 0 Å². The zero-order valence-electron chi connectivity index (χ0n) is 14.7. The fourth-order valence-electron chi connectivity index (χ4n) is 3.21. The van der Waals surface area contributed by atoms with Crippen LogP contribution < -0.4 is 0 Å². The fourth-order valence-corrected chi connectivity index (χ4v) is 3.21. The second-order valence-corrected chi connectivity index (χ2v) is 7.31. The summed E-state index contributed by atoms with van der Waals surface area (Å²) in [5.74, 6) is 2.92. The predicted octanol–water partition coefficient (Wildman–Crippen LogP) is 2.88. The Morgan fingerprint density at radius 2 is 2.04 bits per heavy atom. The minimum atomic E-state index is -0.0263. The van der Waals surface area contributed by atoms with Crippen molar-refractivity contribution in [3.8, 4) is 0 Å². The van der Waals surface area contributed by atoms with Crippen LogP contribution in [-0.4, -0.2) is 44.0 Å². The summed E-state index contributed by atoms with van der Waals surface area (Å²) in [7, 11) is 0. The van der Waals surface area contributed by atoms with Crippen LogP contribution >= 0.6 is 0 Å². The Morgan fingerprint density at radius 3 is 2.76 bits per heavy atom. The third-order valence-electron chi connectivity index (χ3n) is 4.86. The lowest BCUT2D eigenvalue weighted by molar-refractivity contribution is 0.0697. The van der Waals surface area contributed by atoms with Gasteiger partial charge in [-0.05, 0) is 31.7 Å². The Bertz CT molecular complexity index is 768. The van der Waals surface area contributed by atoms with Crippen molar-refractivity contribution in [1.82, 2.24) is 25.0 Å². The van der Waals surface area contributed by atoms with Crippen LogP contribution in [0.3, 0.4) is 0 Å². The first kappa shape index (κ1) is 16.2. The molecule has 25 heavy (non-hydrogen) atoms. The van der Waals surface area contributed by atoms with Gasteiger partial charge >= 0.3 is 0 Å². The van der Waals surface area contributed by atoms with Gasteiger partial charge < -0.3 is 9.42 Å². The average Bonchev–Trinajstić information content (AvgIpc) is 3.37. The second kappa shape index (κ2) is 6.54. The van der Waals surface area contributed by atoms with Crippen molar-refractivity contribution in [3.63, 3.8) is 0 Å². The monoisotopic (exact) mass is 341 g/mol. The molecule has 1 aliphatic carbocycles. The Labute approximate surface area is 146 Å². The maximum absolute atomic E-state index is 12.9. The van der Waals surface area contributed by atoms with Crippen LogP contribution in [0, 0.1) is 0 Å². The van der Waals surface area contributed by atoms with Crippen molar-refractivity contribution < 1.29 is 9.32 Å². The Morgan fingerprint density at radius 1 is 1.20 bits per heavy atom. The van der Waals surface area contributed by atoms with E-state index in [2.05, 4.69) is 20.1 Å². The number of carbonyl (C=O) groups is 1. The van der Waals surface area contributed by atoms with E-state index in [-0.39, 0.29) is 17.7 Å². The van der Waals surface area contributed by atoms with Crippen molar-refractivity contribution >= 4 is 5.91 Å². The average molecular weight is 341 g/mol. The molecule has 2 aromatic heterocycles. The van der Waals surface area contributed by atoms with Crippen molar-refractivity contribution in [2.24, 2.45) is 0 Å². The van der Waals surface area contributed by atoms with Gasteiger partial charge in [-0.2, -0.15) is 4.98 Å². The molecule has 1 saturated carbocycles. The SMILES string of the molecule is CC(C)c1nc([C@H]2CCCN(C(=O)c3ccnc(C4CC4)n3)C2)no1. The highest BCUT2D eigenvalue weighted by Crippen LogP contribution is 2.37. The molecule has 0 aromatic carbocycles. The van der Waals surface area contributed by atoms with Gasteiger partial charge in [0.15, 0.2) is 5.82 Å². The number of hydrogen-bond acceptors (Lipinski definition) is 6. The van der Waals surface area contributed by atoms with Crippen molar-refractivity contribution in [2.45, 2.75) is 57.3 Å². The molecule has 0 radical (unpaired) electrons. The summed E-state index contributed by atoms with van der Waals surface area (Å²) >= 11 is 0. The summed E-state index contributed by atoms with van der Waals surface area (Å²) in [6.45, 7) is 5.41. The van der Waals surface area contributed by atoms with E-state index in [1.807, 2.05) is 18.7 Å². The topological polar surface area (TPSA) is 85.0 Å². The number of aromatic nitrogens is 4. The molecule has 2 fully saturated rings. The number of amides is 1. The number of carbonyl (C=O) groups excluding carboxylic acids is 1. The van der Waals surface area contributed by atoms with Gasteiger partial charge in [0.05, 0.1) is 0 Å². The Kier molecular flexibility index (Phi) is 4.23. The van der Waals surface area contributed by atoms with Crippen molar-refractivity contribution in [2.75, 3.05) is 13.1 Å². The molecule has 1 atom stereocenters. The summed E-state index contributed by atoms with van der Waals surface area (Å²) in [6, 6.07) is 1.71. The smallest absolute Gasteiger partial charge is 0.272 e. The molecule has 4 rings (SSSR count). The largest absolute Gasteiger partial charge is 0.339 e. The quantitative estimate of drug-likeness (QED) is 0.850. The number of rotatable bonds is 4. The molecule has 1 amide bonds. The molecular weight excluding hydrogens is 318 g/mol. The van der Waals surface area contributed by atoms with Crippen LogP contribution in [0.4, 0.5) is 0 Å². The molecule has 1 saturated heterocycles. The molecule has 2 aliphatic rings. The van der Waals surface area contributed by atoms with E-state index in [4.69, 9.17) is 4.52 Å². The number of likely N-dealkylation sites (tertiary alicyclic amines) is 1. The predicted molar refractivity (Wildman–Crippen MR) is 90.3 cm³/mol. The van der Waals surface area contributed by atoms with Crippen LogP contribution in [0.15, 0.2) is 16.8 Å². The lowest BCUT2D eigenvalue weighted by atomic mass is 9.97. The molecule has 7 nitrogen and oxygen atoms in total. The maximum Gasteiger partial charge on any atom is 0.272 e. The van der Waals surface area contributed by atoms with Crippen LogP contribution in [0.25, 0.3) is 0 Å². The first-order valence-electron chi connectivity index (χ1n) is 9.07. The molecule has 0 N–H and O–H groups in total. The molecule has 2 aromatic rings. The molecule has 0 spiro atoms. The first-order chi connectivity index (χ1) is 12.1. The van der Waals surface area contributed by atoms with Gasteiger partial charge in [-0.3, -0.25) is 4.79 Å². The van der Waals surface area contributed by atoms with Gasteiger partial charge in [0.25, 0.3) is 5.91 Å². The minimum absolute atomic E-state index is 0.0263. The second-order valence-electron chi connectivity index (χ2n) is 7.31. The fraction of sp³-hybridized carbons (Fsp3) is 0.611. The molecular formula is C18H23N5O2. The lowest BCUT2D eigenvalue weighted by Crippen LogP contribution is -2.39. The molecule has 7 heteroatoms. The van der Waals surface area contributed by atoms with E-state index < -0.39 is 0 Å². The highest BCUT2D eigenvalue weighted by molar-refractivity contribution is 5.92. The molecule has 132 valence electrons. The number of hydrogen-bond donors (Lipinski definition) is 0. The molecule has 1 aliphatic heterocycles. The van der Waals surface area contributed by atoms with Gasteiger partial charge in [0.1, 0.15) is 11.5 Å². The molecule has 0 bridgehead atoms. The van der Waals surface area contributed by atoms with E-state index >= 15 is 0 Å². The summed E-state index contributed by atoms with van der Waals surface area (Å²) in [5, 5.41) is 4.12. The minimum Gasteiger partial charge on any atom is -0.339 e. The lowest BCUT2D eigenvalue weighted by Gasteiger charge is -2.31. The van der Waals surface area contributed by atoms with Crippen molar-refractivity contribution in [1.29, 1.82) is 0 Å². The maximum atomic E-state index is 12.9. The summed E-state index contributed by atoms with van der Waals surface area (Å²) < 4.78 is 5.32. The molecule has 3 heterocycles. The van der Waals surface area contributed by atoms with Crippen LogP contribution in [0.1, 0.15) is 85.3 Å². The zero-order valence-corrected chi connectivity index (χ0v) is 14.7. The number of piperidine rings is 1. The highest BCUT2D eigenvalue weighted by Gasteiger charge is 2.31. The third kappa shape index (κ3) is 3.41. The van der Waals surface area contributed by atoms with Crippen LogP contribution in [0.2, 0.25) is 0 Å². The standard InChI is InChI=1S/C18H23N5O2/c1-11(2)17-21-16(22-25-17)13-4-3-9-23(10-13)18(24)14-7-8-19-15(20-14)12-5-6-12/h7-8,11-13H,3-6,9-10H2,1-2H3/t13-/m0/s1. The zero-order chi connectivity index (χ0) is 17.4. The Hall–Kier alpha value is -2.31. The Balaban J connectivity index is 1.48. The van der Waals surface area contributed by atoms with Gasteiger partial charge in [-0.1, -0.05) is 19.0 Å². The molecule has 0 unspecified atom stereocenters. The number of nitrogens with zero attached hydrogens (tertiary/aromatic N) is 5. The van der Waals surface area contributed by atoms with Crippen LogP contribution in [-0.2, 0) is 0 Å². The van der Waals surface area contributed by atoms with E-state index in [0.717, 1.165) is 38.1 Å². The van der Waals surface area contributed by atoms with E-state index in [0.29, 0.717) is 29.9 Å². The van der Waals surface area contributed by atoms with Gasteiger partial charge in [-0.15, -0.1) is 0 Å². The first-order valence-corrected chi connectivity index (χ1v) is 9.07. The normalized spacial score (nSPS) is 20.9. The van der Waals surface area contributed by atoms with Crippen molar-refractivity contribution in [3.05, 3.63) is 35.5 Å². The third-order valence-corrected chi connectivity index (χ3v) is 4.86. The highest BCUT2D eigenvalue weighted by atomic mass is 16.5. The van der Waals surface area contributed by atoms with E-state index in [9.17, 15) is 4.79 Å². The van der Waals surface area contributed by atoms with E-state index in [1.54, 1.807) is 12.3 Å². The summed E-state index contributed by atoms with van der Waals surface area (Å²) in [5.41, 5.74) is 0.494. The van der Waals surface area contributed by atoms with Gasteiger partial charge in [0, 0.05) is 37.0 Å². The summed E-state index contributed by atoms with van der Waals surface area (Å²) in [6.07, 6.45) is 5.85. The van der Waals surface area contributed by atoms with Gasteiger partial charge in [-0.25, -0.2) is 9.97 Å². The van der Waals surface area contributed by atoms with Gasteiger partial charge in [0.2, 0.25) is 5.89 Å².